The predicted molar refractivity (Wildman–Crippen MR) is 72.3 cm³/mol. The number of nitrogens with zero attached hydrogens (tertiary/aromatic N) is 2. The normalized spacial score (nSPS) is 10.3. The lowest BCUT2D eigenvalue weighted by molar-refractivity contribution is -0.384. The number of rotatable bonds is 4. The van der Waals surface area contributed by atoms with Crippen LogP contribution in [0.4, 0.5) is 11.4 Å². The fourth-order valence-corrected chi connectivity index (χ4v) is 2.38. The van der Waals surface area contributed by atoms with Crippen molar-refractivity contribution in [3.63, 3.8) is 0 Å². The molecular formula is C11H10ClN3O2S. The van der Waals surface area contributed by atoms with Crippen LogP contribution in [0.25, 0.3) is 0 Å². The van der Waals surface area contributed by atoms with Crippen molar-refractivity contribution in [1.29, 1.82) is 0 Å². The number of aryl methyl sites for hydroxylation is 1. The monoisotopic (exact) mass is 283 g/mol. The molecule has 0 unspecified atom stereocenters. The molecule has 0 aliphatic heterocycles. The zero-order valence-corrected chi connectivity index (χ0v) is 11.1. The van der Waals surface area contributed by atoms with Crippen LogP contribution in [-0.2, 0) is 6.54 Å². The largest absolute Gasteiger partial charge is 0.380 e. The van der Waals surface area contributed by atoms with Crippen molar-refractivity contribution in [2.45, 2.75) is 13.5 Å². The van der Waals surface area contributed by atoms with Gasteiger partial charge in [0, 0.05) is 28.9 Å². The van der Waals surface area contributed by atoms with Gasteiger partial charge >= 0.3 is 0 Å². The van der Waals surface area contributed by atoms with E-state index in [1.165, 1.54) is 23.5 Å². The Labute approximate surface area is 113 Å². The molecule has 0 atom stereocenters. The number of nitrogens with one attached hydrogen (secondary N) is 1. The number of hydrogen-bond acceptors (Lipinski definition) is 5. The zero-order valence-electron chi connectivity index (χ0n) is 9.51. The minimum absolute atomic E-state index is 0.0745. The van der Waals surface area contributed by atoms with E-state index in [2.05, 4.69) is 10.3 Å². The lowest BCUT2D eigenvalue weighted by atomic mass is 10.2. The van der Waals surface area contributed by atoms with Gasteiger partial charge in [-0.2, -0.15) is 0 Å². The van der Waals surface area contributed by atoms with Gasteiger partial charge in [-0.25, -0.2) is 4.98 Å². The van der Waals surface area contributed by atoms with Crippen LogP contribution in [-0.4, -0.2) is 9.91 Å². The molecule has 0 radical (unpaired) electrons. The standard InChI is InChI=1S/C11H10ClN3O2S/c1-7-2-3-8(15(16)17)4-10(7)13-5-9-6-14-11(12)18-9/h2-4,6,13H,5H2,1H3. The minimum Gasteiger partial charge on any atom is -0.380 e. The number of hydrogen-bond donors (Lipinski definition) is 1. The van der Waals surface area contributed by atoms with E-state index in [4.69, 9.17) is 11.6 Å². The van der Waals surface area contributed by atoms with Crippen LogP contribution < -0.4 is 5.32 Å². The van der Waals surface area contributed by atoms with Crippen molar-refractivity contribution < 1.29 is 4.92 Å². The Hall–Kier alpha value is -1.66. The van der Waals surface area contributed by atoms with Gasteiger partial charge in [-0.05, 0) is 12.5 Å². The molecule has 1 N–H and O–H groups in total. The second kappa shape index (κ2) is 5.32. The lowest BCUT2D eigenvalue weighted by Gasteiger charge is -2.07. The van der Waals surface area contributed by atoms with Crippen LogP contribution in [0, 0.1) is 17.0 Å². The van der Waals surface area contributed by atoms with Gasteiger partial charge in [0.05, 0.1) is 11.5 Å². The smallest absolute Gasteiger partial charge is 0.271 e. The number of aromatic nitrogens is 1. The van der Waals surface area contributed by atoms with Gasteiger partial charge in [0.15, 0.2) is 4.47 Å². The van der Waals surface area contributed by atoms with Crippen molar-refractivity contribution in [1.82, 2.24) is 4.98 Å². The topological polar surface area (TPSA) is 68.1 Å². The Morgan fingerprint density at radius 3 is 2.94 bits per heavy atom. The van der Waals surface area contributed by atoms with E-state index in [0.29, 0.717) is 11.0 Å². The summed E-state index contributed by atoms with van der Waals surface area (Å²) < 4.78 is 0.488. The highest BCUT2D eigenvalue weighted by Gasteiger charge is 2.08. The van der Waals surface area contributed by atoms with Crippen molar-refractivity contribution >= 4 is 34.3 Å². The summed E-state index contributed by atoms with van der Waals surface area (Å²) in [6.45, 7) is 2.44. The molecule has 5 nitrogen and oxygen atoms in total. The molecule has 0 bridgehead atoms. The highest BCUT2D eigenvalue weighted by atomic mass is 35.5. The van der Waals surface area contributed by atoms with Crippen molar-refractivity contribution in [2.24, 2.45) is 0 Å². The Balaban J connectivity index is 2.13. The maximum atomic E-state index is 10.7. The average molecular weight is 284 g/mol. The Morgan fingerprint density at radius 2 is 2.33 bits per heavy atom. The maximum Gasteiger partial charge on any atom is 0.271 e. The summed E-state index contributed by atoms with van der Waals surface area (Å²) in [5, 5.41) is 13.8. The van der Waals surface area contributed by atoms with E-state index in [1.807, 2.05) is 6.92 Å². The number of thiazole rings is 1. The predicted octanol–water partition coefficient (Wildman–Crippen LogP) is 3.63. The van der Waals surface area contributed by atoms with E-state index in [1.54, 1.807) is 12.3 Å². The van der Waals surface area contributed by atoms with E-state index in [-0.39, 0.29) is 5.69 Å². The fraction of sp³-hybridized carbons (Fsp3) is 0.182. The third-order valence-electron chi connectivity index (χ3n) is 2.41. The summed E-state index contributed by atoms with van der Waals surface area (Å²) in [5.41, 5.74) is 1.77. The molecule has 0 aliphatic rings. The Bertz CT molecular complexity index is 585. The van der Waals surface area contributed by atoms with Gasteiger partial charge in [-0.3, -0.25) is 10.1 Å². The minimum atomic E-state index is -0.409. The molecular weight excluding hydrogens is 274 g/mol. The van der Waals surface area contributed by atoms with Gasteiger partial charge in [0.2, 0.25) is 0 Å². The molecule has 18 heavy (non-hydrogen) atoms. The third kappa shape index (κ3) is 2.96. The quantitative estimate of drug-likeness (QED) is 0.687. The highest BCUT2D eigenvalue weighted by Crippen LogP contribution is 2.24. The maximum absolute atomic E-state index is 10.7. The highest BCUT2D eigenvalue weighted by molar-refractivity contribution is 7.15. The molecule has 2 aromatic rings. The number of anilines is 1. The van der Waals surface area contributed by atoms with Crippen LogP contribution >= 0.6 is 22.9 Å². The van der Waals surface area contributed by atoms with Gasteiger partial charge in [-0.15, -0.1) is 11.3 Å². The number of benzene rings is 1. The molecule has 0 fully saturated rings. The van der Waals surface area contributed by atoms with Crippen molar-refractivity contribution in [3.05, 3.63) is 49.4 Å². The lowest BCUT2D eigenvalue weighted by Crippen LogP contribution is -2.00. The van der Waals surface area contributed by atoms with E-state index in [9.17, 15) is 10.1 Å². The summed E-state index contributed by atoms with van der Waals surface area (Å²) in [6.07, 6.45) is 1.69. The number of non-ortho nitro benzene ring substituents is 1. The third-order valence-corrected chi connectivity index (χ3v) is 3.53. The molecule has 0 spiro atoms. The Kier molecular flexibility index (Phi) is 3.78. The van der Waals surface area contributed by atoms with Crippen LogP contribution in [0.1, 0.15) is 10.4 Å². The van der Waals surface area contributed by atoms with Crippen LogP contribution in [0.15, 0.2) is 24.4 Å². The molecule has 1 heterocycles. The number of halogens is 1. The van der Waals surface area contributed by atoms with Gasteiger partial charge in [0.25, 0.3) is 5.69 Å². The molecule has 0 saturated carbocycles. The molecule has 0 aliphatic carbocycles. The Morgan fingerprint density at radius 1 is 1.56 bits per heavy atom. The molecule has 1 aromatic heterocycles. The number of nitro groups is 1. The van der Waals surface area contributed by atoms with Gasteiger partial charge < -0.3 is 5.32 Å². The first kappa shape index (κ1) is 12.8. The first-order valence-electron chi connectivity index (χ1n) is 5.15. The summed E-state index contributed by atoms with van der Waals surface area (Å²) in [4.78, 5) is 15.2. The molecule has 0 saturated heterocycles. The van der Waals surface area contributed by atoms with Crippen LogP contribution in [0.5, 0.6) is 0 Å². The SMILES string of the molecule is Cc1ccc([N+](=O)[O-])cc1NCc1cnc(Cl)s1. The van der Waals surface area contributed by atoms with Crippen LogP contribution in [0.3, 0.4) is 0 Å². The molecule has 0 amide bonds. The fourth-order valence-electron chi connectivity index (χ4n) is 1.46. The van der Waals surface area contributed by atoms with Crippen LogP contribution in [0.2, 0.25) is 4.47 Å². The first-order chi connectivity index (χ1) is 8.56. The summed E-state index contributed by atoms with van der Waals surface area (Å²) in [6, 6.07) is 4.74. The summed E-state index contributed by atoms with van der Waals surface area (Å²) in [5.74, 6) is 0. The second-order valence-electron chi connectivity index (χ2n) is 3.69. The average Bonchev–Trinajstić information content (AvgIpc) is 2.74. The van der Waals surface area contributed by atoms with E-state index >= 15 is 0 Å². The number of nitro benzene ring substituents is 1. The molecule has 2 rings (SSSR count). The summed E-state index contributed by atoms with van der Waals surface area (Å²) in [7, 11) is 0. The van der Waals surface area contributed by atoms with E-state index < -0.39 is 4.92 Å². The molecule has 94 valence electrons. The van der Waals surface area contributed by atoms with Crippen molar-refractivity contribution in [3.8, 4) is 0 Å². The van der Waals surface area contributed by atoms with Gasteiger partial charge in [0.1, 0.15) is 0 Å². The van der Waals surface area contributed by atoms with Crippen molar-refractivity contribution in [2.75, 3.05) is 5.32 Å². The molecule has 7 heteroatoms. The first-order valence-corrected chi connectivity index (χ1v) is 6.35. The zero-order chi connectivity index (χ0) is 13.1. The summed E-state index contributed by atoms with van der Waals surface area (Å²) >= 11 is 7.11. The second-order valence-corrected chi connectivity index (χ2v) is 5.39. The van der Waals surface area contributed by atoms with E-state index in [0.717, 1.165) is 16.1 Å². The van der Waals surface area contributed by atoms with Gasteiger partial charge in [-0.1, -0.05) is 17.7 Å². The molecule has 1 aromatic carbocycles.